The van der Waals surface area contributed by atoms with Crippen molar-refractivity contribution in [3.05, 3.63) is 59.2 Å². The standard InChI is InChI=1S/C17H18FN3/c1-11-3-4-13(9-12(11)2)17-15(7-8-19)21-10-14(18)5-6-16(21)20-17/h3-6,9-10H,7-8,19H2,1-2H3. The summed E-state index contributed by atoms with van der Waals surface area (Å²) in [5, 5.41) is 0. The minimum atomic E-state index is -0.273. The maximum Gasteiger partial charge on any atom is 0.139 e. The van der Waals surface area contributed by atoms with Crippen molar-refractivity contribution in [2.24, 2.45) is 5.73 Å². The molecule has 108 valence electrons. The minimum Gasteiger partial charge on any atom is -0.330 e. The Kier molecular flexibility index (Phi) is 3.47. The van der Waals surface area contributed by atoms with Crippen molar-refractivity contribution >= 4 is 5.65 Å². The van der Waals surface area contributed by atoms with Crippen LogP contribution in [0.3, 0.4) is 0 Å². The highest BCUT2D eigenvalue weighted by Gasteiger charge is 2.14. The molecular formula is C17H18FN3. The average Bonchev–Trinajstić information content (AvgIpc) is 2.81. The van der Waals surface area contributed by atoms with Crippen molar-refractivity contribution in [3.8, 4) is 11.3 Å². The zero-order valence-corrected chi connectivity index (χ0v) is 12.2. The molecule has 0 bridgehead atoms. The second kappa shape index (κ2) is 5.30. The molecule has 0 fully saturated rings. The van der Waals surface area contributed by atoms with Crippen LogP contribution in [0.15, 0.2) is 36.5 Å². The Balaban J connectivity index is 2.25. The Morgan fingerprint density at radius 1 is 1.14 bits per heavy atom. The van der Waals surface area contributed by atoms with Crippen LogP contribution < -0.4 is 5.73 Å². The van der Waals surface area contributed by atoms with Gasteiger partial charge in [0.05, 0.1) is 11.4 Å². The van der Waals surface area contributed by atoms with Gasteiger partial charge in [0.1, 0.15) is 11.5 Å². The van der Waals surface area contributed by atoms with Gasteiger partial charge in [-0.25, -0.2) is 9.37 Å². The molecule has 0 amide bonds. The summed E-state index contributed by atoms with van der Waals surface area (Å²) in [5.41, 5.74) is 11.8. The molecule has 1 aromatic carbocycles. The third-order valence-corrected chi connectivity index (χ3v) is 3.84. The van der Waals surface area contributed by atoms with E-state index in [0.29, 0.717) is 13.0 Å². The van der Waals surface area contributed by atoms with E-state index in [2.05, 4.69) is 37.0 Å². The Morgan fingerprint density at radius 3 is 2.67 bits per heavy atom. The highest BCUT2D eigenvalue weighted by molar-refractivity contribution is 5.67. The van der Waals surface area contributed by atoms with Crippen LogP contribution in [0.1, 0.15) is 16.8 Å². The van der Waals surface area contributed by atoms with Gasteiger partial charge < -0.3 is 10.1 Å². The molecule has 0 aliphatic carbocycles. The molecule has 0 radical (unpaired) electrons. The van der Waals surface area contributed by atoms with Crippen LogP contribution in [0.5, 0.6) is 0 Å². The molecule has 3 nitrogen and oxygen atoms in total. The molecule has 0 saturated carbocycles. The highest BCUT2D eigenvalue weighted by atomic mass is 19.1. The number of aryl methyl sites for hydroxylation is 2. The van der Waals surface area contributed by atoms with E-state index in [1.165, 1.54) is 23.4 Å². The summed E-state index contributed by atoms with van der Waals surface area (Å²) < 4.78 is 15.3. The first-order valence-electron chi connectivity index (χ1n) is 7.04. The number of rotatable bonds is 3. The Morgan fingerprint density at radius 2 is 1.95 bits per heavy atom. The van der Waals surface area contributed by atoms with Crippen LogP contribution in [0.2, 0.25) is 0 Å². The summed E-state index contributed by atoms with van der Waals surface area (Å²) in [6.45, 7) is 4.66. The van der Waals surface area contributed by atoms with Crippen LogP contribution in [0.25, 0.3) is 16.9 Å². The van der Waals surface area contributed by atoms with Gasteiger partial charge in [-0.15, -0.1) is 0 Å². The van der Waals surface area contributed by atoms with Crippen molar-refractivity contribution in [1.82, 2.24) is 9.38 Å². The highest BCUT2D eigenvalue weighted by Crippen LogP contribution is 2.26. The van der Waals surface area contributed by atoms with Gasteiger partial charge in [-0.3, -0.25) is 0 Å². The fraction of sp³-hybridized carbons (Fsp3) is 0.235. The molecular weight excluding hydrogens is 265 g/mol. The zero-order valence-electron chi connectivity index (χ0n) is 12.2. The quantitative estimate of drug-likeness (QED) is 0.801. The molecule has 4 heteroatoms. The van der Waals surface area contributed by atoms with Gasteiger partial charge in [0, 0.05) is 18.2 Å². The van der Waals surface area contributed by atoms with E-state index in [1.54, 1.807) is 10.5 Å². The molecule has 2 heterocycles. The third kappa shape index (κ3) is 2.43. The second-order valence-corrected chi connectivity index (χ2v) is 5.32. The number of hydrogen-bond donors (Lipinski definition) is 1. The first-order valence-corrected chi connectivity index (χ1v) is 7.04. The van der Waals surface area contributed by atoms with Crippen molar-refractivity contribution in [2.45, 2.75) is 20.3 Å². The fourth-order valence-corrected chi connectivity index (χ4v) is 2.56. The monoisotopic (exact) mass is 283 g/mol. The number of imidazole rings is 1. The maximum atomic E-state index is 13.5. The molecule has 3 rings (SSSR count). The number of aromatic nitrogens is 2. The number of pyridine rings is 1. The van der Waals surface area contributed by atoms with E-state index in [9.17, 15) is 4.39 Å². The number of halogens is 1. The summed E-state index contributed by atoms with van der Waals surface area (Å²) in [6, 6.07) is 9.38. The molecule has 3 aromatic rings. The Bertz CT molecular complexity index is 805. The summed E-state index contributed by atoms with van der Waals surface area (Å²) in [5.74, 6) is -0.273. The van der Waals surface area contributed by atoms with Crippen LogP contribution in [0.4, 0.5) is 4.39 Å². The van der Waals surface area contributed by atoms with Crippen LogP contribution in [0, 0.1) is 19.7 Å². The summed E-state index contributed by atoms with van der Waals surface area (Å²) in [6.07, 6.45) is 2.13. The number of nitrogens with two attached hydrogens (primary N) is 1. The zero-order chi connectivity index (χ0) is 15.0. The molecule has 0 spiro atoms. The predicted octanol–water partition coefficient (Wildman–Crippen LogP) is 3.26. The van der Waals surface area contributed by atoms with Gasteiger partial charge in [0.25, 0.3) is 0 Å². The molecule has 0 saturated heterocycles. The normalized spacial score (nSPS) is 11.2. The molecule has 21 heavy (non-hydrogen) atoms. The van der Waals surface area contributed by atoms with Gasteiger partial charge >= 0.3 is 0 Å². The Labute approximate surface area is 123 Å². The SMILES string of the molecule is Cc1ccc(-c2nc3ccc(F)cn3c2CCN)cc1C. The number of nitrogens with zero attached hydrogens (tertiary/aromatic N) is 2. The predicted molar refractivity (Wildman–Crippen MR) is 82.8 cm³/mol. The first-order chi connectivity index (χ1) is 10.1. The van der Waals surface area contributed by atoms with Crippen molar-refractivity contribution in [3.63, 3.8) is 0 Å². The topological polar surface area (TPSA) is 43.3 Å². The van der Waals surface area contributed by atoms with Crippen LogP contribution in [-0.2, 0) is 6.42 Å². The molecule has 0 aliphatic rings. The average molecular weight is 283 g/mol. The molecule has 2 aromatic heterocycles. The second-order valence-electron chi connectivity index (χ2n) is 5.32. The number of fused-ring (bicyclic) bond motifs is 1. The van der Waals surface area contributed by atoms with Crippen LogP contribution in [-0.4, -0.2) is 15.9 Å². The lowest BCUT2D eigenvalue weighted by Gasteiger charge is -2.06. The van der Waals surface area contributed by atoms with Crippen molar-refractivity contribution in [1.29, 1.82) is 0 Å². The lowest BCUT2D eigenvalue weighted by molar-refractivity contribution is 0.617. The summed E-state index contributed by atoms with van der Waals surface area (Å²) >= 11 is 0. The lowest BCUT2D eigenvalue weighted by Crippen LogP contribution is -2.06. The summed E-state index contributed by atoms with van der Waals surface area (Å²) in [4.78, 5) is 4.65. The molecule has 2 N–H and O–H groups in total. The number of hydrogen-bond acceptors (Lipinski definition) is 2. The molecule has 0 atom stereocenters. The Hall–Kier alpha value is -2.20. The van der Waals surface area contributed by atoms with E-state index in [-0.39, 0.29) is 5.82 Å². The lowest BCUT2D eigenvalue weighted by atomic mass is 10.0. The maximum absolute atomic E-state index is 13.5. The molecule has 0 aliphatic heterocycles. The first kappa shape index (κ1) is 13.8. The van der Waals surface area contributed by atoms with Gasteiger partial charge in [-0.05, 0) is 49.7 Å². The van der Waals surface area contributed by atoms with E-state index in [0.717, 1.165) is 22.6 Å². The minimum absolute atomic E-state index is 0.273. The van der Waals surface area contributed by atoms with Gasteiger partial charge in [0.15, 0.2) is 0 Å². The van der Waals surface area contributed by atoms with Gasteiger partial charge in [-0.1, -0.05) is 12.1 Å². The molecule has 0 unspecified atom stereocenters. The third-order valence-electron chi connectivity index (χ3n) is 3.84. The largest absolute Gasteiger partial charge is 0.330 e. The summed E-state index contributed by atoms with van der Waals surface area (Å²) in [7, 11) is 0. The van der Waals surface area contributed by atoms with Gasteiger partial charge in [-0.2, -0.15) is 0 Å². The van der Waals surface area contributed by atoms with Crippen molar-refractivity contribution < 1.29 is 4.39 Å². The van der Waals surface area contributed by atoms with E-state index >= 15 is 0 Å². The van der Waals surface area contributed by atoms with E-state index in [1.807, 2.05) is 0 Å². The van der Waals surface area contributed by atoms with E-state index < -0.39 is 0 Å². The number of benzene rings is 1. The smallest absolute Gasteiger partial charge is 0.139 e. The van der Waals surface area contributed by atoms with Crippen LogP contribution >= 0.6 is 0 Å². The van der Waals surface area contributed by atoms with E-state index in [4.69, 9.17) is 5.73 Å². The fourth-order valence-electron chi connectivity index (χ4n) is 2.56. The van der Waals surface area contributed by atoms with Crippen molar-refractivity contribution in [2.75, 3.05) is 6.54 Å². The van der Waals surface area contributed by atoms with Gasteiger partial charge in [0.2, 0.25) is 0 Å².